The third kappa shape index (κ3) is 4.66. The highest BCUT2D eigenvalue weighted by Crippen LogP contribution is 2.14. The number of thiophene rings is 1. The van der Waals surface area contributed by atoms with Crippen molar-refractivity contribution in [2.24, 2.45) is 0 Å². The van der Waals surface area contributed by atoms with Crippen molar-refractivity contribution in [3.8, 4) is 0 Å². The predicted molar refractivity (Wildman–Crippen MR) is 103 cm³/mol. The Kier molecular flexibility index (Phi) is 5.93. The molecule has 0 spiro atoms. The maximum Gasteiger partial charge on any atom is 0.273 e. The van der Waals surface area contributed by atoms with Gasteiger partial charge in [0.15, 0.2) is 0 Å². The van der Waals surface area contributed by atoms with E-state index in [1.807, 2.05) is 17.5 Å². The van der Waals surface area contributed by atoms with Crippen molar-refractivity contribution in [2.45, 2.75) is 18.4 Å². The number of carbonyl (C=O) groups excluding carboxylic acids is 2. The summed E-state index contributed by atoms with van der Waals surface area (Å²) in [5, 5.41) is 1.86. The fourth-order valence-corrected chi connectivity index (χ4v) is 4.13. The molecule has 0 unspecified atom stereocenters. The molecule has 8 nitrogen and oxygen atoms in total. The number of furan rings is 1. The van der Waals surface area contributed by atoms with Gasteiger partial charge in [-0.3, -0.25) is 20.4 Å². The summed E-state index contributed by atoms with van der Waals surface area (Å²) in [5.74, 6) is -0.776. The lowest BCUT2D eigenvalue weighted by Gasteiger charge is -2.09. The van der Waals surface area contributed by atoms with Gasteiger partial charge in [0.1, 0.15) is 5.76 Å². The van der Waals surface area contributed by atoms with Gasteiger partial charge in [0.2, 0.25) is 10.0 Å². The van der Waals surface area contributed by atoms with Crippen LogP contribution < -0.4 is 15.6 Å². The lowest BCUT2D eigenvalue weighted by atomic mass is 10.2. The maximum absolute atomic E-state index is 12.4. The van der Waals surface area contributed by atoms with Gasteiger partial charge in [0, 0.05) is 17.0 Å². The van der Waals surface area contributed by atoms with E-state index < -0.39 is 21.8 Å². The largest absolute Gasteiger partial charge is 0.469 e. The van der Waals surface area contributed by atoms with Crippen LogP contribution in [-0.2, 0) is 16.6 Å². The smallest absolute Gasteiger partial charge is 0.273 e. The van der Waals surface area contributed by atoms with E-state index in [4.69, 9.17) is 4.42 Å². The van der Waals surface area contributed by atoms with Gasteiger partial charge in [-0.15, -0.1) is 11.3 Å². The zero-order valence-corrected chi connectivity index (χ0v) is 16.4. The standard InChI is InChI=1S/C18H17N3O5S2/c1-12-16(7-8-26-12)18(23)21-20-17(22)13-4-2-6-15(10-13)28(24,25)19-11-14-5-3-9-27-14/h2-10,19H,11H2,1H3,(H,20,22)(H,21,23). The van der Waals surface area contributed by atoms with Crippen LogP contribution in [0.4, 0.5) is 0 Å². The van der Waals surface area contributed by atoms with Crippen LogP contribution in [0.2, 0.25) is 0 Å². The fraction of sp³-hybridized carbons (Fsp3) is 0.111. The minimum absolute atomic E-state index is 0.0475. The zero-order chi connectivity index (χ0) is 20.1. The highest BCUT2D eigenvalue weighted by atomic mass is 32.2. The van der Waals surface area contributed by atoms with E-state index >= 15 is 0 Å². The average molecular weight is 419 g/mol. The van der Waals surface area contributed by atoms with Gasteiger partial charge in [-0.25, -0.2) is 13.1 Å². The first kappa shape index (κ1) is 19.8. The molecule has 0 radical (unpaired) electrons. The maximum atomic E-state index is 12.4. The van der Waals surface area contributed by atoms with E-state index in [-0.39, 0.29) is 22.6 Å². The van der Waals surface area contributed by atoms with Crippen LogP contribution in [0.25, 0.3) is 0 Å². The molecule has 3 rings (SSSR count). The van der Waals surface area contributed by atoms with Gasteiger partial charge >= 0.3 is 0 Å². The molecule has 0 aliphatic heterocycles. The highest BCUT2D eigenvalue weighted by molar-refractivity contribution is 7.89. The quantitative estimate of drug-likeness (QED) is 0.530. The van der Waals surface area contributed by atoms with Crippen molar-refractivity contribution in [2.75, 3.05) is 0 Å². The Morgan fingerprint density at radius 3 is 2.54 bits per heavy atom. The van der Waals surface area contributed by atoms with Gasteiger partial charge in [0.25, 0.3) is 11.8 Å². The summed E-state index contributed by atoms with van der Waals surface area (Å²) >= 11 is 1.44. The minimum Gasteiger partial charge on any atom is -0.469 e. The zero-order valence-electron chi connectivity index (χ0n) is 14.8. The number of hydrogen-bond acceptors (Lipinski definition) is 6. The molecule has 0 aliphatic rings. The van der Waals surface area contributed by atoms with Gasteiger partial charge in [0.05, 0.1) is 16.7 Å². The van der Waals surface area contributed by atoms with Gasteiger partial charge < -0.3 is 4.42 Å². The number of hydrogen-bond donors (Lipinski definition) is 3. The van der Waals surface area contributed by atoms with Crippen LogP contribution >= 0.6 is 11.3 Å². The second-order valence-corrected chi connectivity index (χ2v) is 8.53. The van der Waals surface area contributed by atoms with E-state index in [0.717, 1.165) is 4.88 Å². The Hall–Kier alpha value is -2.95. The molecule has 3 N–H and O–H groups in total. The van der Waals surface area contributed by atoms with Crippen molar-refractivity contribution in [1.82, 2.24) is 15.6 Å². The summed E-state index contributed by atoms with van der Waals surface area (Å²) in [6.45, 7) is 1.78. The van der Waals surface area contributed by atoms with Crippen LogP contribution in [-0.4, -0.2) is 20.2 Å². The molecule has 2 aromatic heterocycles. The molecule has 2 heterocycles. The van der Waals surface area contributed by atoms with Crippen LogP contribution in [0, 0.1) is 6.92 Å². The molecule has 0 saturated heterocycles. The summed E-state index contributed by atoms with van der Waals surface area (Å²) < 4.78 is 32.4. The number of carbonyl (C=O) groups is 2. The van der Waals surface area contributed by atoms with E-state index in [9.17, 15) is 18.0 Å². The molecule has 1 aromatic carbocycles. The van der Waals surface area contributed by atoms with Gasteiger partial charge in [-0.05, 0) is 42.6 Å². The Morgan fingerprint density at radius 2 is 1.86 bits per heavy atom. The molecule has 0 saturated carbocycles. The van der Waals surface area contributed by atoms with Gasteiger partial charge in [-0.2, -0.15) is 0 Å². The molecular weight excluding hydrogens is 402 g/mol. The van der Waals surface area contributed by atoms with Crippen LogP contribution in [0.15, 0.2) is 63.4 Å². The summed E-state index contributed by atoms with van der Waals surface area (Å²) in [6, 6.07) is 10.7. The first-order chi connectivity index (χ1) is 13.4. The molecule has 0 aliphatic carbocycles. The van der Waals surface area contributed by atoms with Crippen molar-refractivity contribution in [3.05, 3.63) is 75.9 Å². The van der Waals surface area contributed by atoms with E-state index in [1.165, 1.54) is 47.9 Å². The molecule has 2 amide bonds. The van der Waals surface area contributed by atoms with E-state index in [2.05, 4.69) is 15.6 Å². The van der Waals surface area contributed by atoms with Crippen molar-refractivity contribution in [1.29, 1.82) is 0 Å². The van der Waals surface area contributed by atoms with Gasteiger partial charge in [-0.1, -0.05) is 12.1 Å². The second kappa shape index (κ2) is 8.38. The van der Waals surface area contributed by atoms with E-state index in [0.29, 0.717) is 5.76 Å². The number of sulfonamides is 1. The first-order valence-electron chi connectivity index (χ1n) is 8.14. The van der Waals surface area contributed by atoms with Crippen LogP contribution in [0.5, 0.6) is 0 Å². The number of amides is 2. The first-order valence-corrected chi connectivity index (χ1v) is 10.5. The van der Waals surface area contributed by atoms with Crippen molar-refractivity contribution in [3.63, 3.8) is 0 Å². The number of rotatable bonds is 6. The summed E-state index contributed by atoms with van der Waals surface area (Å²) in [6.07, 6.45) is 1.36. The molecule has 0 atom stereocenters. The normalized spacial score (nSPS) is 11.2. The topological polar surface area (TPSA) is 118 Å². The SMILES string of the molecule is Cc1occc1C(=O)NNC(=O)c1cccc(S(=O)(=O)NCc2cccs2)c1. The molecule has 10 heteroatoms. The molecule has 0 fully saturated rings. The Balaban J connectivity index is 1.65. The molecule has 0 bridgehead atoms. The number of nitrogens with one attached hydrogen (secondary N) is 3. The fourth-order valence-electron chi connectivity index (χ4n) is 2.34. The third-order valence-corrected chi connectivity index (χ3v) is 6.09. The summed E-state index contributed by atoms with van der Waals surface area (Å²) in [4.78, 5) is 25.1. The molecule has 28 heavy (non-hydrogen) atoms. The Labute approximate surface area is 165 Å². The lowest BCUT2D eigenvalue weighted by Crippen LogP contribution is -2.41. The Morgan fingerprint density at radius 1 is 1.07 bits per heavy atom. The molecule has 146 valence electrons. The second-order valence-electron chi connectivity index (χ2n) is 5.73. The third-order valence-electron chi connectivity index (χ3n) is 3.82. The lowest BCUT2D eigenvalue weighted by molar-refractivity contribution is 0.0845. The summed E-state index contributed by atoms with van der Waals surface area (Å²) in [5.41, 5.74) is 4.89. The van der Waals surface area contributed by atoms with Crippen LogP contribution in [0.1, 0.15) is 31.4 Å². The van der Waals surface area contributed by atoms with Crippen molar-refractivity contribution < 1.29 is 22.4 Å². The molecular formula is C18H17N3O5S2. The highest BCUT2D eigenvalue weighted by Gasteiger charge is 2.17. The number of aryl methyl sites for hydroxylation is 1. The summed E-state index contributed by atoms with van der Waals surface area (Å²) in [7, 11) is -3.79. The van der Waals surface area contributed by atoms with Crippen molar-refractivity contribution >= 4 is 33.2 Å². The monoisotopic (exact) mass is 419 g/mol. The van der Waals surface area contributed by atoms with Crippen LogP contribution in [0.3, 0.4) is 0 Å². The molecule has 3 aromatic rings. The predicted octanol–water partition coefficient (Wildman–Crippen LogP) is 2.20. The number of benzene rings is 1. The van der Waals surface area contributed by atoms with E-state index in [1.54, 1.807) is 6.92 Å². The average Bonchev–Trinajstić information content (AvgIpc) is 3.36. The number of hydrazine groups is 1. The minimum atomic E-state index is -3.79. The Bertz CT molecular complexity index is 1090.